The van der Waals surface area contributed by atoms with Gasteiger partial charge in [-0.2, -0.15) is 0 Å². The fourth-order valence-corrected chi connectivity index (χ4v) is 0.979. The summed E-state index contributed by atoms with van der Waals surface area (Å²) in [5.41, 5.74) is 0. The van der Waals surface area contributed by atoms with E-state index in [1.807, 2.05) is 5.06 Å². The van der Waals surface area contributed by atoms with Gasteiger partial charge in [-0.25, -0.2) is 0 Å². The summed E-state index contributed by atoms with van der Waals surface area (Å²) in [6, 6.07) is 0. The van der Waals surface area contributed by atoms with Gasteiger partial charge in [0.2, 0.25) is 6.23 Å². The van der Waals surface area contributed by atoms with Crippen molar-refractivity contribution in [1.82, 2.24) is 5.06 Å². The minimum atomic E-state index is 1.13. The molecular weight excluding hydrogens is 90.1 g/mol. The van der Waals surface area contributed by atoms with Crippen LogP contribution in [0.1, 0.15) is 19.3 Å². The Balaban J connectivity index is 1.95. The van der Waals surface area contributed by atoms with Gasteiger partial charge >= 0.3 is 0 Å². The first kappa shape index (κ1) is 3.87. The van der Waals surface area contributed by atoms with Crippen molar-refractivity contribution in [3.8, 4) is 0 Å². The molecule has 0 bridgehead atoms. The van der Waals surface area contributed by atoms with Gasteiger partial charge in [0, 0.05) is 6.54 Å². The largest absolute Gasteiger partial charge is 0.267 e. The van der Waals surface area contributed by atoms with Crippen molar-refractivity contribution in [3.63, 3.8) is 0 Å². The summed E-state index contributed by atoms with van der Waals surface area (Å²) in [6.07, 6.45) is 5.03. The van der Waals surface area contributed by atoms with Crippen LogP contribution < -0.4 is 0 Å². The van der Waals surface area contributed by atoms with Crippen LogP contribution in [0.5, 0.6) is 0 Å². The molecule has 0 aliphatic carbocycles. The number of hydrogen-bond acceptors (Lipinski definition) is 2. The van der Waals surface area contributed by atoms with E-state index in [0.29, 0.717) is 0 Å². The molecule has 0 aromatic rings. The summed E-state index contributed by atoms with van der Waals surface area (Å²) in [4.78, 5) is 5.03. The van der Waals surface area contributed by atoms with E-state index in [1.165, 1.54) is 25.5 Å². The van der Waals surface area contributed by atoms with Crippen molar-refractivity contribution >= 4 is 0 Å². The smallest absolute Gasteiger partial charge is 0.211 e. The van der Waals surface area contributed by atoms with Crippen LogP contribution in [-0.2, 0) is 4.84 Å². The molecule has 2 heteroatoms. The lowest BCUT2D eigenvalue weighted by atomic mass is 10.2. The number of rotatable bonds is 0. The van der Waals surface area contributed by atoms with Gasteiger partial charge in [-0.1, -0.05) is 0 Å². The van der Waals surface area contributed by atoms with Gasteiger partial charge < -0.3 is 0 Å². The van der Waals surface area contributed by atoms with E-state index in [2.05, 4.69) is 0 Å². The second-order valence-corrected chi connectivity index (χ2v) is 2.04. The summed E-state index contributed by atoms with van der Waals surface area (Å²) < 4.78 is 0. The van der Waals surface area contributed by atoms with E-state index >= 15 is 0 Å². The van der Waals surface area contributed by atoms with E-state index in [1.54, 1.807) is 0 Å². The average molecular weight is 98.1 g/mol. The van der Waals surface area contributed by atoms with Crippen LogP contribution in [-0.4, -0.2) is 11.6 Å². The number of hydrogen-bond donors (Lipinski definition) is 0. The molecular formula is C5H8NO. The second kappa shape index (κ2) is 1.20. The van der Waals surface area contributed by atoms with Crippen LogP contribution in [0.2, 0.25) is 0 Å². The van der Waals surface area contributed by atoms with E-state index in [-0.39, 0.29) is 0 Å². The van der Waals surface area contributed by atoms with Crippen LogP contribution >= 0.6 is 0 Å². The van der Waals surface area contributed by atoms with E-state index < -0.39 is 0 Å². The first-order chi connectivity index (χ1) is 3.47. The monoisotopic (exact) mass is 98.1 g/mol. The van der Waals surface area contributed by atoms with Gasteiger partial charge in [0.25, 0.3) is 0 Å². The number of fused-ring (bicyclic) bond motifs is 1. The molecule has 7 heavy (non-hydrogen) atoms. The summed E-state index contributed by atoms with van der Waals surface area (Å²) >= 11 is 0. The minimum absolute atomic E-state index is 1.13. The van der Waals surface area contributed by atoms with Crippen LogP contribution in [0.25, 0.3) is 0 Å². The Morgan fingerprint density at radius 1 is 1.43 bits per heavy atom. The lowest BCUT2D eigenvalue weighted by Crippen LogP contribution is -2.04. The molecule has 0 aromatic heterocycles. The molecule has 1 atom stereocenters. The van der Waals surface area contributed by atoms with Crippen molar-refractivity contribution in [1.29, 1.82) is 0 Å². The zero-order valence-corrected chi connectivity index (χ0v) is 4.18. The highest BCUT2D eigenvalue weighted by Crippen LogP contribution is 2.37. The molecule has 0 saturated carbocycles. The molecule has 2 heterocycles. The highest BCUT2D eigenvalue weighted by molar-refractivity contribution is 4.88. The average Bonchev–Trinajstić information content (AvgIpc) is 2.41. The molecule has 0 spiro atoms. The quantitative estimate of drug-likeness (QED) is 0.418. The summed E-state index contributed by atoms with van der Waals surface area (Å²) in [5, 5.41) is 1.98. The van der Waals surface area contributed by atoms with Gasteiger partial charge in [-0.05, 0) is 19.3 Å². The molecule has 1 radical (unpaired) electrons. The zero-order valence-electron chi connectivity index (χ0n) is 4.18. The number of hydroxylamine groups is 2. The third kappa shape index (κ3) is 0.545. The van der Waals surface area contributed by atoms with Gasteiger partial charge in [0.1, 0.15) is 0 Å². The SMILES string of the molecule is C1CCN2O[C]2C1. The van der Waals surface area contributed by atoms with Crippen molar-refractivity contribution in [2.75, 3.05) is 6.54 Å². The van der Waals surface area contributed by atoms with Crippen LogP contribution in [0.4, 0.5) is 0 Å². The van der Waals surface area contributed by atoms with Gasteiger partial charge in [-0.15, -0.1) is 5.06 Å². The third-order valence-corrected chi connectivity index (χ3v) is 1.46. The van der Waals surface area contributed by atoms with E-state index in [0.717, 1.165) is 6.54 Å². The Bertz CT molecular complexity index is 74.1. The number of nitrogens with zero attached hydrogens (tertiary/aromatic N) is 1. The molecule has 0 aromatic carbocycles. The molecule has 0 N–H and O–H groups in total. The fourth-order valence-electron chi connectivity index (χ4n) is 0.979. The van der Waals surface area contributed by atoms with E-state index in [4.69, 9.17) is 4.84 Å². The molecule has 39 valence electrons. The van der Waals surface area contributed by atoms with Gasteiger partial charge in [0.05, 0.1) is 0 Å². The summed E-state index contributed by atoms with van der Waals surface area (Å²) in [5.74, 6) is 0. The Labute approximate surface area is 43.0 Å². The Morgan fingerprint density at radius 3 is 3.00 bits per heavy atom. The second-order valence-electron chi connectivity index (χ2n) is 2.04. The minimum Gasteiger partial charge on any atom is -0.267 e. The maximum absolute atomic E-state index is 5.03. The lowest BCUT2D eigenvalue weighted by molar-refractivity contribution is 0.201. The molecule has 2 fully saturated rings. The Hall–Kier alpha value is -0.0800. The first-order valence-corrected chi connectivity index (χ1v) is 2.78. The molecule has 0 amide bonds. The molecule has 2 nitrogen and oxygen atoms in total. The Morgan fingerprint density at radius 2 is 2.43 bits per heavy atom. The van der Waals surface area contributed by atoms with Crippen molar-refractivity contribution in [3.05, 3.63) is 6.23 Å². The van der Waals surface area contributed by atoms with Crippen LogP contribution in [0, 0.1) is 6.23 Å². The van der Waals surface area contributed by atoms with Gasteiger partial charge in [0.15, 0.2) is 0 Å². The molecule has 2 rings (SSSR count). The highest BCUT2D eigenvalue weighted by atomic mass is 16.8. The predicted molar refractivity (Wildman–Crippen MR) is 24.9 cm³/mol. The fraction of sp³-hybridized carbons (Fsp3) is 0.800. The summed E-state index contributed by atoms with van der Waals surface area (Å²) in [6.45, 7) is 1.13. The standard InChI is InChI=1S/C5H8NO/c1-2-4-6-5(3-1)7-6/h1-4H2. The highest BCUT2D eigenvalue weighted by Gasteiger charge is 2.39. The van der Waals surface area contributed by atoms with E-state index in [9.17, 15) is 0 Å². The third-order valence-electron chi connectivity index (χ3n) is 1.46. The molecule has 2 saturated heterocycles. The molecule has 1 unspecified atom stereocenters. The normalized spacial score (nSPS) is 40.3. The predicted octanol–water partition coefficient (Wildman–Crippen LogP) is 0.907. The van der Waals surface area contributed by atoms with Crippen molar-refractivity contribution in [2.45, 2.75) is 19.3 Å². The maximum atomic E-state index is 5.03. The lowest BCUT2D eigenvalue weighted by Gasteiger charge is -2.01. The number of piperidine rings is 1. The van der Waals surface area contributed by atoms with Gasteiger partial charge in [-0.3, -0.25) is 4.84 Å². The Kier molecular flexibility index (Phi) is 0.664. The van der Waals surface area contributed by atoms with Crippen molar-refractivity contribution in [2.24, 2.45) is 0 Å². The summed E-state index contributed by atoms with van der Waals surface area (Å²) in [7, 11) is 0. The molecule has 2 aliphatic heterocycles. The van der Waals surface area contributed by atoms with Crippen LogP contribution in [0.3, 0.4) is 0 Å². The van der Waals surface area contributed by atoms with Crippen molar-refractivity contribution < 1.29 is 4.84 Å². The zero-order chi connectivity index (χ0) is 4.69. The van der Waals surface area contributed by atoms with Crippen LogP contribution in [0.15, 0.2) is 0 Å². The topological polar surface area (TPSA) is 15.5 Å². The maximum Gasteiger partial charge on any atom is 0.211 e. The first-order valence-electron chi connectivity index (χ1n) is 2.78. The molecule has 2 aliphatic rings.